The van der Waals surface area contributed by atoms with Gasteiger partial charge in [0.1, 0.15) is 0 Å². The van der Waals surface area contributed by atoms with Crippen LogP contribution in [0.15, 0.2) is 0 Å². The van der Waals surface area contributed by atoms with Gasteiger partial charge in [-0.25, -0.2) is 0 Å². The van der Waals surface area contributed by atoms with Crippen LogP contribution in [0.2, 0.25) is 0 Å². The molecule has 0 aliphatic heterocycles. The summed E-state index contributed by atoms with van der Waals surface area (Å²) in [4.78, 5) is 0. The Kier molecular flexibility index (Phi) is 75.1. The van der Waals surface area contributed by atoms with E-state index in [-0.39, 0.29) is 184 Å². The molecule has 0 aromatic rings. The highest BCUT2D eigenvalue weighted by Crippen LogP contribution is 3.44. The van der Waals surface area contributed by atoms with Gasteiger partial charge in [-0.3, -0.25) is 0 Å². The highest BCUT2D eigenvalue weighted by Gasteiger charge is 2.56. The number of hydrogen-bond donors (Lipinski definition) is 0. The van der Waals surface area contributed by atoms with E-state index in [9.17, 15) is 0 Å². The van der Waals surface area contributed by atoms with E-state index >= 15 is 0 Å². The SMILES string of the molecule is C.C.C.C.C.C.PPP(P)P(P(P(P)P)P(P)P)P(P(P(P(P)P)P(P)P)P(P(P)P)P(P)P)P(P(P(P)P)P(P)P)P(P(P)P)P(P)P. The van der Waals surface area contributed by atoms with Gasteiger partial charge in [-0.2, -0.15) is 0 Å². The zero-order chi connectivity index (χ0) is 34.3. The van der Waals surface area contributed by atoms with Crippen LogP contribution in [0.4, 0.5) is 0 Å². The Bertz CT molecular complexity index is 606. The molecule has 0 saturated heterocycles. The normalized spacial score (nSPS) is 14.0. The fraction of sp³-hybridized carbons (Fsp3) is 1.00. The van der Waals surface area contributed by atoms with Crippen molar-refractivity contribution < 1.29 is 0 Å². The summed E-state index contributed by atoms with van der Waals surface area (Å²) >= 11 is 0. The van der Waals surface area contributed by atoms with Gasteiger partial charge in [0.2, 0.25) is 0 Å². The van der Waals surface area contributed by atoms with Gasteiger partial charge in [0.05, 0.1) is 0 Å². The van der Waals surface area contributed by atoms with Crippen LogP contribution in [-0.4, -0.2) is 0 Å². The second kappa shape index (κ2) is 45.1. The molecule has 0 aliphatic carbocycles. The summed E-state index contributed by atoms with van der Waals surface area (Å²) < 4.78 is 0. The maximum Gasteiger partial charge on any atom is -0.0000773 e. The number of rotatable bonds is 20. The van der Waals surface area contributed by atoms with Gasteiger partial charge in [-0.1, -0.05) is 52.5 Å². The van der Waals surface area contributed by atoms with E-state index < -0.39 is 0 Å². The van der Waals surface area contributed by atoms with Gasteiger partial charge < -0.3 is 0 Å². The van der Waals surface area contributed by atoms with E-state index in [1.807, 2.05) is 0 Å². The molecule has 0 rings (SSSR count). The third-order valence-corrected chi connectivity index (χ3v) is 297. The summed E-state index contributed by atoms with van der Waals surface area (Å²) in [7, 11) is 76.2. The standard InChI is InChI=1S/6CH4.H45P43/c;;;;;;1-23-34(22)40(35(24(2)3)25(4)5)43(41(36(26(6)7)27(8)9)37(28(10)11)29(12)13)42(38(30(14)15)31(16)17)39(32(18)19)33(20)21/h6*1H4;23H,1-22H2. The highest BCUT2D eigenvalue weighted by atomic mass is 33.5. The third-order valence-electron chi connectivity index (χ3n) is 3.67. The minimum Gasteiger partial charge on any atom is -0.109 e. The summed E-state index contributed by atoms with van der Waals surface area (Å²) in [6.07, 6.45) is 0. The molecule has 25 unspecified atom stereocenters. The average molecular weight is 1470 g/mol. The Morgan fingerprint density at radius 1 is 0.204 bits per heavy atom. The van der Waals surface area contributed by atoms with E-state index in [1.165, 1.54) is 0 Å². The van der Waals surface area contributed by atoms with Crippen molar-refractivity contribution in [2.75, 3.05) is 0 Å². The molecule has 25 atom stereocenters. The van der Waals surface area contributed by atoms with Gasteiger partial charge in [0.25, 0.3) is 0 Å². The summed E-state index contributed by atoms with van der Waals surface area (Å²) in [6, 6.07) is 0. The van der Waals surface area contributed by atoms with Crippen molar-refractivity contribution in [1.82, 2.24) is 0 Å². The number of hydrogen-bond acceptors (Lipinski definition) is 0. The van der Waals surface area contributed by atoms with Crippen molar-refractivity contribution in [1.29, 1.82) is 0 Å². The fourth-order valence-corrected chi connectivity index (χ4v) is 598. The molecular formula is C6H69P43. The minimum atomic E-state index is -0.141. The second-order valence-electron chi connectivity index (χ2n) is 6.69. The molecule has 0 aromatic carbocycles. The van der Waals surface area contributed by atoms with E-state index in [4.69, 9.17) is 0 Å². The predicted molar refractivity (Wildman–Crippen MR) is 401 cm³/mol. The quantitative estimate of drug-likeness (QED) is 0.107. The first kappa shape index (κ1) is 81.5. The van der Waals surface area contributed by atoms with Crippen LogP contribution in [-0.2, 0) is 0 Å². The van der Waals surface area contributed by atoms with Crippen LogP contribution < -0.4 is 0 Å². The maximum atomic E-state index is 3.60. The van der Waals surface area contributed by atoms with Crippen LogP contribution >= 0.6 is 344 Å². The Morgan fingerprint density at radius 2 is 0.327 bits per heavy atom. The molecule has 0 radical (unpaired) electrons. The van der Waals surface area contributed by atoms with E-state index in [0.29, 0.717) is 0 Å². The van der Waals surface area contributed by atoms with Gasteiger partial charge in [-0.05, 0) is 140 Å². The second-order valence-corrected chi connectivity index (χ2v) is 181. The zero-order valence-electron chi connectivity index (χ0n) is 22.1. The molecule has 0 heterocycles. The van der Waals surface area contributed by atoms with Crippen molar-refractivity contribution in [2.24, 2.45) is 0 Å². The van der Waals surface area contributed by atoms with Crippen LogP contribution in [0.25, 0.3) is 0 Å². The Morgan fingerprint density at radius 3 is 0.449 bits per heavy atom. The average Bonchev–Trinajstić information content (AvgIpc) is 2.80. The van der Waals surface area contributed by atoms with Gasteiger partial charge in [0, 0.05) is 0 Å². The summed E-state index contributed by atoms with van der Waals surface area (Å²) in [5, 5.41) is 0. The predicted octanol–water partition coefficient (Wildman–Crippen LogP) is 28.8. The minimum absolute atomic E-state index is 0. The third kappa shape index (κ3) is 29.7. The van der Waals surface area contributed by atoms with Crippen molar-refractivity contribution >= 4 is 344 Å². The molecule has 0 bridgehead atoms. The monoisotopic (exact) mass is 1470 g/mol. The van der Waals surface area contributed by atoms with Crippen molar-refractivity contribution in [3.05, 3.63) is 0 Å². The molecule has 49 heavy (non-hydrogen) atoms. The van der Waals surface area contributed by atoms with Crippen LogP contribution in [0.3, 0.4) is 0 Å². The van der Waals surface area contributed by atoms with E-state index in [2.05, 4.69) is 196 Å². The molecule has 43 heteroatoms. The zero-order valence-corrected chi connectivity index (χ0v) is 66.4. The van der Waals surface area contributed by atoms with Crippen LogP contribution in [0, 0.1) is 0 Å². The molecule has 0 spiro atoms. The van der Waals surface area contributed by atoms with Crippen LogP contribution in [0.5, 0.6) is 0 Å². The summed E-state index contributed by atoms with van der Waals surface area (Å²) in [5.74, 6) is 0. The molecule has 0 N–H and O–H groups in total. The Balaban J connectivity index is -0.000000588. The van der Waals surface area contributed by atoms with Crippen molar-refractivity contribution in [3.8, 4) is 0 Å². The lowest BCUT2D eigenvalue weighted by Crippen LogP contribution is -1.69. The smallest absolute Gasteiger partial charge is 0.0000773 e. The molecule has 0 saturated carbocycles. The lowest BCUT2D eigenvalue weighted by atomic mass is 12.0. The molecule has 0 amide bonds. The first-order valence-electron chi connectivity index (χ1n) is 9.73. The Hall–Kier alpha value is 18.5. The van der Waals surface area contributed by atoms with E-state index in [1.54, 1.807) is 0 Å². The van der Waals surface area contributed by atoms with E-state index in [0.717, 1.165) is 7.96 Å². The largest absolute Gasteiger partial charge is 0.109 e. The Labute approximate surface area is 383 Å². The fourth-order valence-electron chi connectivity index (χ4n) is 2.46. The molecule has 0 nitrogen and oxygen atoms in total. The van der Waals surface area contributed by atoms with Crippen LogP contribution in [0.1, 0.15) is 44.6 Å². The lowest BCUT2D eigenvalue weighted by molar-refractivity contribution is 2.50. The lowest BCUT2D eigenvalue weighted by Gasteiger charge is -2.56. The maximum absolute atomic E-state index is 3.60. The van der Waals surface area contributed by atoms with Crippen molar-refractivity contribution in [2.45, 2.75) is 44.6 Å². The molecule has 308 valence electrons. The summed E-state index contributed by atoms with van der Waals surface area (Å²) in [6.45, 7) is -2.04. The van der Waals surface area contributed by atoms with Gasteiger partial charge in [0.15, 0.2) is 0 Å². The molecular weight excluding hydrogens is 1400 g/mol. The van der Waals surface area contributed by atoms with Gasteiger partial charge in [-0.15, -0.1) is 196 Å². The first-order chi connectivity index (χ1) is 19.6. The molecule has 0 fully saturated rings. The topological polar surface area (TPSA) is 0 Å². The van der Waals surface area contributed by atoms with Gasteiger partial charge >= 0.3 is 0 Å². The highest BCUT2D eigenvalue weighted by molar-refractivity contribution is 9.49. The summed E-state index contributed by atoms with van der Waals surface area (Å²) in [5.41, 5.74) is 0. The molecule has 0 aromatic heterocycles. The van der Waals surface area contributed by atoms with Crippen molar-refractivity contribution in [3.63, 3.8) is 0 Å². The first-order valence-corrected chi connectivity index (χ1v) is 87.6. The molecule has 0 aliphatic rings.